The second kappa shape index (κ2) is 15.3. The Hall–Kier alpha value is -3.57. The molecular weight excluding hydrogens is 517 g/mol. The standard InChI is InChI=1S/C31H31N3O4S.Li.H/c1-21-8-6-7-11-25(21)27-20-22(13-16-26(27)30(35)32-28(31(36)37)18-19-39-2)12-14-23-15-17-29(34-33-23)38-24-9-4-3-5-10-24;;/h3-11,13,15-17,20,28H,12,14,18-19H2,1-2H3,(H,32,35)(H,36,37);;/q;+1;-1/t28-;;/m0../s1. The number of carbonyl (C=O) groups excluding carboxylic acids is 1. The SMILES string of the molecule is CSCC[C@H](NC(=O)c1ccc(CCc2ccc(Oc3ccccc3)nn2)cc1-c1ccccc1C)C(=O)O.[H-].[Li+]. The molecule has 1 atom stereocenters. The molecule has 0 aliphatic heterocycles. The van der Waals surface area contributed by atoms with Gasteiger partial charge < -0.3 is 16.6 Å². The minimum Gasteiger partial charge on any atom is -1.00 e. The van der Waals surface area contributed by atoms with Gasteiger partial charge in [0, 0.05) is 11.6 Å². The molecule has 1 heterocycles. The van der Waals surface area contributed by atoms with Gasteiger partial charge in [-0.1, -0.05) is 54.6 Å². The van der Waals surface area contributed by atoms with Gasteiger partial charge in [-0.15, -0.1) is 5.10 Å². The molecule has 0 spiro atoms. The quantitative estimate of drug-likeness (QED) is 0.262. The number of hydrogen-bond donors (Lipinski definition) is 2. The summed E-state index contributed by atoms with van der Waals surface area (Å²) in [6.07, 6.45) is 3.62. The molecule has 202 valence electrons. The molecule has 2 N–H and O–H groups in total. The maximum atomic E-state index is 13.3. The van der Waals surface area contributed by atoms with E-state index in [1.54, 1.807) is 23.9 Å². The number of carboxylic acids is 1. The number of carbonyl (C=O) groups is 2. The summed E-state index contributed by atoms with van der Waals surface area (Å²) in [4.78, 5) is 25.0. The number of aliphatic carboxylic acids is 1. The summed E-state index contributed by atoms with van der Waals surface area (Å²) in [5.74, 6) is 0.343. The van der Waals surface area contributed by atoms with Gasteiger partial charge in [0.05, 0.1) is 5.69 Å². The molecular formula is C31H32LiN3O4S. The molecule has 0 radical (unpaired) electrons. The first kappa shape index (κ1) is 31.0. The Kier molecular flexibility index (Phi) is 11.8. The average Bonchev–Trinajstić information content (AvgIpc) is 2.95. The van der Waals surface area contributed by atoms with Gasteiger partial charge in [-0.05, 0) is 84.7 Å². The Bertz CT molecular complexity index is 1420. The fraction of sp³-hybridized carbons (Fsp3) is 0.226. The zero-order chi connectivity index (χ0) is 27.6. The molecule has 40 heavy (non-hydrogen) atoms. The summed E-state index contributed by atoms with van der Waals surface area (Å²) in [7, 11) is 0. The number of carboxylic acid groups (broad SMARTS) is 1. The fourth-order valence-electron chi connectivity index (χ4n) is 4.19. The first-order valence-corrected chi connectivity index (χ1v) is 14.1. The number of para-hydroxylation sites is 1. The van der Waals surface area contributed by atoms with Gasteiger partial charge in [0.1, 0.15) is 11.8 Å². The van der Waals surface area contributed by atoms with E-state index < -0.39 is 17.9 Å². The monoisotopic (exact) mass is 549 g/mol. The van der Waals surface area contributed by atoms with Crippen molar-refractivity contribution in [3.8, 4) is 22.8 Å². The summed E-state index contributed by atoms with van der Waals surface area (Å²) >= 11 is 1.55. The molecule has 0 bridgehead atoms. The van der Waals surface area contributed by atoms with Crippen molar-refractivity contribution in [2.45, 2.75) is 32.2 Å². The average molecular weight is 550 g/mol. The van der Waals surface area contributed by atoms with Gasteiger partial charge in [0.25, 0.3) is 5.91 Å². The molecule has 0 saturated heterocycles. The molecule has 7 nitrogen and oxygen atoms in total. The van der Waals surface area contributed by atoms with Crippen molar-refractivity contribution < 1.29 is 39.7 Å². The second-order valence-electron chi connectivity index (χ2n) is 9.12. The van der Waals surface area contributed by atoms with Crippen LogP contribution < -0.4 is 28.9 Å². The minimum absolute atomic E-state index is 0. The van der Waals surface area contributed by atoms with E-state index in [0.29, 0.717) is 42.2 Å². The Morgan fingerprint density at radius 2 is 1.70 bits per heavy atom. The number of rotatable bonds is 12. The molecule has 0 fully saturated rings. The van der Waals surface area contributed by atoms with Crippen molar-refractivity contribution in [3.63, 3.8) is 0 Å². The van der Waals surface area contributed by atoms with Crippen LogP contribution in [-0.4, -0.2) is 45.2 Å². The van der Waals surface area contributed by atoms with E-state index in [1.165, 1.54) is 0 Å². The number of thioether (sulfide) groups is 1. The summed E-state index contributed by atoms with van der Waals surface area (Å²) in [6.45, 7) is 2.00. The first-order chi connectivity index (χ1) is 18.9. The van der Waals surface area contributed by atoms with E-state index in [1.807, 2.05) is 86.0 Å². The Morgan fingerprint density at radius 1 is 0.950 bits per heavy atom. The first-order valence-electron chi connectivity index (χ1n) is 12.7. The smallest absolute Gasteiger partial charge is 1.00 e. The van der Waals surface area contributed by atoms with Gasteiger partial charge in [-0.3, -0.25) is 4.79 Å². The number of amides is 1. The second-order valence-corrected chi connectivity index (χ2v) is 10.1. The van der Waals surface area contributed by atoms with Crippen molar-refractivity contribution >= 4 is 23.6 Å². The van der Waals surface area contributed by atoms with E-state index >= 15 is 0 Å². The van der Waals surface area contributed by atoms with E-state index in [-0.39, 0.29) is 20.3 Å². The maximum absolute atomic E-state index is 13.3. The maximum Gasteiger partial charge on any atom is 1.00 e. The third-order valence-electron chi connectivity index (χ3n) is 6.31. The van der Waals surface area contributed by atoms with Gasteiger partial charge in [0.2, 0.25) is 5.88 Å². The predicted molar refractivity (Wildman–Crippen MR) is 156 cm³/mol. The Morgan fingerprint density at radius 3 is 2.38 bits per heavy atom. The third-order valence-corrected chi connectivity index (χ3v) is 6.95. The number of nitrogens with zero attached hydrogens (tertiary/aromatic N) is 2. The van der Waals surface area contributed by atoms with Crippen LogP contribution in [0.3, 0.4) is 0 Å². The van der Waals surface area contributed by atoms with Gasteiger partial charge in [-0.25, -0.2) is 4.79 Å². The van der Waals surface area contributed by atoms with Crippen LogP contribution in [0.25, 0.3) is 11.1 Å². The number of hydrogen-bond acceptors (Lipinski definition) is 6. The summed E-state index contributed by atoms with van der Waals surface area (Å²) in [6, 6.07) is 25.8. The molecule has 1 amide bonds. The number of nitrogens with one attached hydrogen (secondary N) is 1. The predicted octanol–water partition coefficient (Wildman–Crippen LogP) is 3.08. The van der Waals surface area contributed by atoms with Crippen molar-refractivity contribution in [2.24, 2.45) is 0 Å². The van der Waals surface area contributed by atoms with E-state index in [0.717, 1.165) is 27.9 Å². The van der Waals surface area contributed by atoms with Crippen LogP contribution in [-0.2, 0) is 17.6 Å². The van der Waals surface area contributed by atoms with Gasteiger partial charge in [0.15, 0.2) is 0 Å². The third kappa shape index (κ3) is 8.46. The fourth-order valence-corrected chi connectivity index (χ4v) is 4.66. The van der Waals surface area contributed by atoms with Crippen LogP contribution in [0.2, 0.25) is 0 Å². The number of ether oxygens (including phenoxy) is 1. The Balaban J connectivity index is 0.00000294. The number of aromatic nitrogens is 2. The number of aryl methyl sites for hydroxylation is 3. The minimum atomic E-state index is -1.03. The van der Waals surface area contributed by atoms with E-state index in [9.17, 15) is 14.7 Å². The topological polar surface area (TPSA) is 101 Å². The van der Waals surface area contributed by atoms with Crippen LogP contribution in [0.4, 0.5) is 0 Å². The zero-order valence-corrected chi connectivity index (χ0v) is 23.8. The normalized spacial score (nSPS) is 11.2. The molecule has 1 aromatic heterocycles. The van der Waals surface area contributed by atoms with Crippen molar-refractivity contribution in [3.05, 3.63) is 107 Å². The van der Waals surface area contributed by atoms with E-state index in [2.05, 4.69) is 15.5 Å². The van der Waals surface area contributed by atoms with Crippen LogP contribution in [0.1, 0.15) is 35.0 Å². The molecule has 9 heteroatoms. The molecule has 4 aromatic rings. The largest absolute Gasteiger partial charge is 1.00 e. The number of benzene rings is 3. The van der Waals surface area contributed by atoms with Crippen molar-refractivity contribution in [1.29, 1.82) is 0 Å². The molecule has 0 saturated carbocycles. The molecule has 0 aliphatic rings. The molecule has 3 aromatic carbocycles. The molecule has 4 rings (SSSR count). The summed E-state index contributed by atoms with van der Waals surface area (Å²) in [5, 5.41) is 20.8. The van der Waals surface area contributed by atoms with Crippen LogP contribution in [0.5, 0.6) is 11.6 Å². The van der Waals surface area contributed by atoms with Crippen LogP contribution >= 0.6 is 11.8 Å². The zero-order valence-electron chi connectivity index (χ0n) is 24.0. The summed E-state index contributed by atoms with van der Waals surface area (Å²) in [5.41, 5.74) is 5.05. The Labute approximate surface area is 252 Å². The van der Waals surface area contributed by atoms with E-state index in [4.69, 9.17) is 4.74 Å². The van der Waals surface area contributed by atoms with Crippen molar-refractivity contribution in [2.75, 3.05) is 12.0 Å². The van der Waals surface area contributed by atoms with Crippen LogP contribution in [0, 0.1) is 6.92 Å². The van der Waals surface area contributed by atoms with Gasteiger partial charge in [-0.2, -0.15) is 16.9 Å². The van der Waals surface area contributed by atoms with Gasteiger partial charge >= 0.3 is 24.8 Å². The van der Waals surface area contributed by atoms with Crippen molar-refractivity contribution in [1.82, 2.24) is 15.5 Å². The van der Waals surface area contributed by atoms with Crippen LogP contribution in [0.15, 0.2) is 84.9 Å². The molecule has 0 unspecified atom stereocenters. The summed E-state index contributed by atoms with van der Waals surface area (Å²) < 4.78 is 5.72. The molecule has 0 aliphatic carbocycles.